The average molecular weight is 372 g/mol. The summed E-state index contributed by atoms with van der Waals surface area (Å²) in [6.45, 7) is 6.36. The van der Waals surface area contributed by atoms with Crippen molar-refractivity contribution in [2.75, 3.05) is 59.5 Å². The van der Waals surface area contributed by atoms with Crippen molar-refractivity contribution in [3.05, 3.63) is 0 Å². The number of hydrogen-bond donors (Lipinski definition) is 0. The van der Waals surface area contributed by atoms with E-state index in [2.05, 4.69) is 0 Å². The van der Waals surface area contributed by atoms with Gasteiger partial charge in [0, 0.05) is 6.61 Å². The van der Waals surface area contributed by atoms with Crippen LogP contribution in [0.4, 0.5) is 0 Å². The van der Waals surface area contributed by atoms with E-state index < -0.39 is 5.60 Å². The Morgan fingerprint density at radius 2 is 1.19 bits per heavy atom. The van der Waals surface area contributed by atoms with E-state index in [0.29, 0.717) is 39.1 Å². The molecule has 5 rings (SSSR count). The maximum Gasteiger partial charge on any atom is 0.126 e. The molecule has 5 fully saturated rings. The van der Waals surface area contributed by atoms with Crippen LogP contribution in [0.2, 0.25) is 0 Å². The first-order chi connectivity index (χ1) is 12.8. The Morgan fingerprint density at radius 1 is 0.692 bits per heavy atom. The number of epoxide rings is 4. The summed E-state index contributed by atoms with van der Waals surface area (Å²) < 4.78 is 45.2. The van der Waals surface area contributed by atoms with Gasteiger partial charge in [0.1, 0.15) is 42.2 Å². The highest BCUT2D eigenvalue weighted by atomic mass is 16.7. The van der Waals surface area contributed by atoms with E-state index in [1.807, 2.05) is 0 Å². The zero-order valence-corrected chi connectivity index (χ0v) is 15.0. The molecule has 6 atom stereocenters. The molecule has 0 spiro atoms. The number of rotatable bonds is 15. The lowest BCUT2D eigenvalue weighted by atomic mass is 10.1. The highest BCUT2D eigenvalue weighted by molar-refractivity contribution is 5.19. The standard InChI is InChI=1S/C18H28O8/c1(3-19-4-12-5-20-12)2-18(26-11-15-8-23-15)16(24-9-13-6-21-13)17(18)25-10-14-7-22-14/h12-17H,1-11H2. The van der Waals surface area contributed by atoms with Crippen molar-refractivity contribution in [2.24, 2.45) is 0 Å². The van der Waals surface area contributed by atoms with E-state index in [1.54, 1.807) is 0 Å². The van der Waals surface area contributed by atoms with Crippen LogP contribution in [-0.2, 0) is 37.9 Å². The van der Waals surface area contributed by atoms with E-state index in [1.165, 1.54) is 0 Å². The van der Waals surface area contributed by atoms with Gasteiger partial charge in [0.2, 0.25) is 0 Å². The normalized spacial score (nSPS) is 44.8. The van der Waals surface area contributed by atoms with Gasteiger partial charge in [-0.2, -0.15) is 0 Å². The lowest BCUT2D eigenvalue weighted by Gasteiger charge is -2.18. The number of hydrogen-bond acceptors (Lipinski definition) is 8. The van der Waals surface area contributed by atoms with Gasteiger partial charge in [-0.3, -0.25) is 0 Å². The second-order valence-electron chi connectivity index (χ2n) is 7.77. The molecule has 1 saturated carbocycles. The van der Waals surface area contributed by atoms with Crippen molar-refractivity contribution in [1.82, 2.24) is 0 Å². The number of ether oxygens (including phenoxy) is 8. The molecule has 0 aromatic heterocycles. The highest BCUT2D eigenvalue weighted by Crippen LogP contribution is 2.50. The summed E-state index contributed by atoms with van der Waals surface area (Å²) in [4.78, 5) is 0. The first kappa shape index (κ1) is 17.8. The van der Waals surface area contributed by atoms with Crippen LogP contribution < -0.4 is 0 Å². The minimum atomic E-state index is -0.408. The maximum atomic E-state index is 6.30. The Labute approximate surface area is 153 Å². The van der Waals surface area contributed by atoms with Crippen LogP contribution in [0.1, 0.15) is 12.8 Å². The molecule has 4 heterocycles. The molecule has 0 radical (unpaired) electrons. The summed E-state index contributed by atoms with van der Waals surface area (Å²) in [5.41, 5.74) is -0.408. The molecular weight excluding hydrogens is 344 g/mol. The van der Waals surface area contributed by atoms with Crippen LogP contribution in [0.25, 0.3) is 0 Å². The van der Waals surface area contributed by atoms with Crippen LogP contribution in [0.3, 0.4) is 0 Å². The fraction of sp³-hybridized carbons (Fsp3) is 1.00. The van der Waals surface area contributed by atoms with Gasteiger partial charge in [-0.05, 0) is 12.8 Å². The second kappa shape index (κ2) is 7.60. The predicted octanol–water partition coefficient (Wildman–Crippen LogP) is -0.0822. The third kappa shape index (κ3) is 4.74. The van der Waals surface area contributed by atoms with Crippen LogP contribution in [-0.4, -0.2) is 102 Å². The molecule has 148 valence electrons. The van der Waals surface area contributed by atoms with E-state index >= 15 is 0 Å². The van der Waals surface area contributed by atoms with Crippen molar-refractivity contribution in [2.45, 2.75) is 55.1 Å². The van der Waals surface area contributed by atoms with Crippen LogP contribution in [0.15, 0.2) is 0 Å². The first-order valence-electron chi connectivity index (χ1n) is 9.75. The van der Waals surface area contributed by atoms with E-state index in [4.69, 9.17) is 37.9 Å². The van der Waals surface area contributed by atoms with E-state index in [9.17, 15) is 0 Å². The van der Waals surface area contributed by atoms with Crippen molar-refractivity contribution in [3.63, 3.8) is 0 Å². The summed E-state index contributed by atoms with van der Waals surface area (Å²) in [5, 5.41) is 0. The van der Waals surface area contributed by atoms with Gasteiger partial charge in [0.15, 0.2) is 0 Å². The smallest absolute Gasteiger partial charge is 0.126 e. The average Bonchev–Trinajstić information content (AvgIpc) is 3.48. The topological polar surface area (TPSA) is 87.0 Å². The minimum Gasteiger partial charge on any atom is -0.379 e. The SMILES string of the molecule is C(COCC1CO1)CC1(OCC2CO2)C(OCC2CO2)C1OCC1CO1. The fourth-order valence-electron chi connectivity index (χ4n) is 3.32. The van der Waals surface area contributed by atoms with Crippen LogP contribution in [0, 0.1) is 0 Å². The van der Waals surface area contributed by atoms with Gasteiger partial charge in [-0.1, -0.05) is 0 Å². The molecule has 0 bridgehead atoms. The molecule has 0 aromatic carbocycles. The monoisotopic (exact) mass is 372 g/mol. The highest BCUT2D eigenvalue weighted by Gasteiger charge is 2.69. The molecule has 4 aliphatic heterocycles. The Morgan fingerprint density at radius 3 is 1.73 bits per heavy atom. The minimum absolute atomic E-state index is 0.0593. The van der Waals surface area contributed by atoms with Gasteiger partial charge < -0.3 is 37.9 Å². The summed E-state index contributed by atoms with van der Waals surface area (Å²) >= 11 is 0. The second-order valence-corrected chi connectivity index (χ2v) is 7.77. The Balaban J connectivity index is 1.14. The molecule has 26 heavy (non-hydrogen) atoms. The Kier molecular flexibility index (Phi) is 5.19. The van der Waals surface area contributed by atoms with Crippen molar-refractivity contribution < 1.29 is 37.9 Å². The summed E-state index contributed by atoms with van der Waals surface area (Å²) in [5.74, 6) is 0. The molecule has 1 aliphatic carbocycles. The quantitative estimate of drug-likeness (QED) is 0.291. The fourth-order valence-corrected chi connectivity index (χ4v) is 3.32. The maximum absolute atomic E-state index is 6.30. The molecule has 4 saturated heterocycles. The summed E-state index contributed by atoms with van der Waals surface area (Å²) in [6, 6.07) is 0. The largest absolute Gasteiger partial charge is 0.379 e. The molecule has 0 amide bonds. The Hall–Kier alpha value is -0.320. The Bertz CT molecular complexity index is 450. The molecular formula is C18H28O8. The van der Waals surface area contributed by atoms with Crippen molar-refractivity contribution in [3.8, 4) is 0 Å². The van der Waals surface area contributed by atoms with Gasteiger partial charge in [-0.25, -0.2) is 0 Å². The summed E-state index contributed by atoms with van der Waals surface area (Å²) in [7, 11) is 0. The lowest BCUT2D eigenvalue weighted by molar-refractivity contribution is -0.0509. The van der Waals surface area contributed by atoms with Gasteiger partial charge in [0.25, 0.3) is 0 Å². The van der Waals surface area contributed by atoms with E-state index in [0.717, 1.165) is 39.3 Å². The van der Waals surface area contributed by atoms with Crippen molar-refractivity contribution >= 4 is 0 Å². The van der Waals surface area contributed by atoms with Gasteiger partial charge in [0.05, 0.1) is 52.9 Å². The molecule has 6 unspecified atom stereocenters. The van der Waals surface area contributed by atoms with Crippen LogP contribution in [0.5, 0.6) is 0 Å². The third-order valence-corrected chi connectivity index (χ3v) is 5.36. The van der Waals surface area contributed by atoms with E-state index in [-0.39, 0.29) is 30.5 Å². The zero-order chi connectivity index (χ0) is 17.4. The molecule has 8 nitrogen and oxygen atoms in total. The zero-order valence-electron chi connectivity index (χ0n) is 15.0. The van der Waals surface area contributed by atoms with Gasteiger partial charge in [-0.15, -0.1) is 0 Å². The lowest BCUT2D eigenvalue weighted by Crippen LogP contribution is -2.27. The van der Waals surface area contributed by atoms with Crippen LogP contribution >= 0.6 is 0 Å². The molecule has 5 aliphatic rings. The predicted molar refractivity (Wildman–Crippen MR) is 87.2 cm³/mol. The molecule has 8 heteroatoms. The van der Waals surface area contributed by atoms with Crippen molar-refractivity contribution in [1.29, 1.82) is 0 Å². The van der Waals surface area contributed by atoms with Gasteiger partial charge >= 0.3 is 0 Å². The molecule has 0 aromatic rings. The summed E-state index contributed by atoms with van der Waals surface area (Å²) in [6.07, 6.45) is 2.61. The molecule has 0 N–H and O–H groups in total. The first-order valence-corrected chi connectivity index (χ1v) is 9.75. The third-order valence-electron chi connectivity index (χ3n) is 5.36.